The van der Waals surface area contributed by atoms with Gasteiger partial charge in [0.05, 0.1) is 23.0 Å². The van der Waals surface area contributed by atoms with E-state index < -0.39 is 0 Å². The summed E-state index contributed by atoms with van der Waals surface area (Å²) >= 11 is 0. The van der Waals surface area contributed by atoms with Crippen LogP contribution >= 0.6 is 0 Å². The third-order valence-electron chi connectivity index (χ3n) is 5.00. The Labute approximate surface area is 155 Å². The van der Waals surface area contributed by atoms with Gasteiger partial charge in [-0.25, -0.2) is 4.98 Å². The molecule has 0 atom stereocenters. The fraction of sp³-hybridized carbons (Fsp3) is 0.263. The van der Waals surface area contributed by atoms with E-state index >= 15 is 0 Å². The van der Waals surface area contributed by atoms with Crippen molar-refractivity contribution < 1.29 is 0 Å². The molecule has 0 bridgehead atoms. The number of nitrogens with zero attached hydrogens (tertiary/aromatic N) is 5. The zero-order chi connectivity index (χ0) is 18.4. The fourth-order valence-corrected chi connectivity index (χ4v) is 3.34. The predicted molar refractivity (Wildman–Crippen MR) is 104 cm³/mol. The molecule has 8 nitrogen and oxygen atoms in total. The SMILES string of the molecule is CN(Cc1cncc2[nH]ccc12)c1ncc(-c2cc(C3CC3)[nH]n2)c(N)n1. The van der Waals surface area contributed by atoms with Gasteiger partial charge in [0.25, 0.3) is 0 Å². The lowest BCUT2D eigenvalue weighted by Gasteiger charge is -2.18. The van der Waals surface area contributed by atoms with Crippen LogP contribution in [0.3, 0.4) is 0 Å². The van der Waals surface area contributed by atoms with Crippen molar-refractivity contribution in [1.29, 1.82) is 0 Å². The van der Waals surface area contributed by atoms with Crippen LogP contribution in [0, 0.1) is 0 Å². The molecule has 0 saturated heterocycles. The number of nitrogen functional groups attached to an aromatic ring is 1. The number of hydrogen-bond donors (Lipinski definition) is 3. The van der Waals surface area contributed by atoms with Crippen molar-refractivity contribution >= 4 is 22.7 Å². The van der Waals surface area contributed by atoms with Gasteiger partial charge in [0.2, 0.25) is 5.95 Å². The number of aromatic nitrogens is 6. The first-order valence-corrected chi connectivity index (χ1v) is 8.98. The minimum absolute atomic E-state index is 0.429. The number of nitrogens with one attached hydrogen (secondary N) is 2. The molecule has 1 aliphatic carbocycles. The van der Waals surface area contributed by atoms with Gasteiger partial charge in [-0.3, -0.25) is 10.1 Å². The highest BCUT2D eigenvalue weighted by molar-refractivity contribution is 5.82. The lowest BCUT2D eigenvalue weighted by atomic mass is 10.2. The van der Waals surface area contributed by atoms with Crippen molar-refractivity contribution in [2.75, 3.05) is 17.7 Å². The summed E-state index contributed by atoms with van der Waals surface area (Å²) in [4.78, 5) is 18.4. The molecule has 0 radical (unpaired) electrons. The third kappa shape index (κ3) is 2.88. The summed E-state index contributed by atoms with van der Waals surface area (Å²) in [7, 11) is 1.94. The molecule has 1 saturated carbocycles. The second kappa shape index (κ2) is 6.08. The molecule has 8 heteroatoms. The molecule has 0 amide bonds. The van der Waals surface area contributed by atoms with E-state index in [2.05, 4.69) is 30.1 Å². The Hall–Kier alpha value is -3.42. The Bertz CT molecular complexity index is 1110. The van der Waals surface area contributed by atoms with Gasteiger partial charge in [0.15, 0.2) is 0 Å². The molecule has 0 unspecified atom stereocenters. The molecule has 4 N–H and O–H groups in total. The predicted octanol–water partition coefficient (Wildman–Crippen LogP) is 2.84. The summed E-state index contributed by atoms with van der Waals surface area (Å²) < 4.78 is 0. The molecule has 4 heterocycles. The molecule has 27 heavy (non-hydrogen) atoms. The van der Waals surface area contributed by atoms with E-state index in [4.69, 9.17) is 5.73 Å². The molecule has 4 aromatic heterocycles. The summed E-state index contributed by atoms with van der Waals surface area (Å²) in [6, 6.07) is 4.10. The molecular formula is C19H20N8. The maximum Gasteiger partial charge on any atom is 0.227 e. The van der Waals surface area contributed by atoms with Crippen LogP contribution in [0.1, 0.15) is 30.0 Å². The van der Waals surface area contributed by atoms with Crippen LogP contribution in [0.5, 0.6) is 0 Å². The van der Waals surface area contributed by atoms with Gasteiger partial charge in [0, 0.05) is 49.2 Å². The Morgan fingerprint density at radius 3 is 2.96 bits per heavy atom. The zero-order valence-electron chi connectivity index (χ0n) is 15.0. The highest BCUT2D eigenvalue weighted by Crippen LogP contribution is 2.40. The third-order valence-corrected chi connectivity index (χ3v) is 5.00. The van der Waals surface area contributed by atoms with Crippen molar-refractivity contribution in [2.45, 2.75) is 25.3 Å². The number of rotatable bonds is 5. The van der Waals surface area contributed by atoms with Gasteiger partial charge in [-0.1, -0.05) is 0 Å². The molecule has 1 aliphatic rings. The number of anilines is 2. The molecule has 1 fully saturated rings. The lowest BCUT2D eigenvalue weighted by Crippen LogP contribution is -2.20. The van der Waals surface area contributed by atoms with Crippen LogP contribution in [-0.2, 0) is 6.54 Å². The zero-order valence-corrected chi connectivity index (χ0v) is 15.0. The van der Waals surface area contributed by atoms with Crippen LogP contribution in [0.2, 0.25) is 0 Å². The van der Waals surface area contributed by atoms with E-state index in [-0.39, 0.29) is 0 Å². The monoisotopic (exact) mass is 360 g/mol. The Balaban J connectivity index is 1.40. The first kappa shape index (κ1) is 15.8. The average Bonchev–Trinajstić information content (AvgIpc) is 3.20. The minimum atomic E-state index is 0.429. The number of fused-ring (bicyclic) bond motifs is 1. The van der Waals surface area contributed by atoms with Crippen molar-refractivity contribution in [3.63, 3.8) is 0 Å². The number of nitrogens with two attached hydrogens (primary N) is 1. The number of pyridine rings is 1. The second-order valence-electron chi connectivity index (χ2n) is 7.05. The van der Waals surface area contributed by atoms with Crippen LogP contribution < -0.4 is 10.6 Å². The van der Waals surface area contributed by atoms with Crippen LogP contribution in [0.4, 0.5) is 11.8 Å². The smallest absolute Gasteiger partial charge is 0.227 e. The first-order chi connectivity index (χ1) is 13.2. The summed E-state index contributed by atoms with van der Waals surface area (Å²) in [5.41, 5.74) is 11.0. The fourth-order valence-electron chi connectivity index (χ4n) is 3.34. The second-order valence-corrected chi connectivity index (χ2v) is 7.05. The highest BCUT2D eigenvalue weighted by Gasteiger charge is 2.26. The number of hydrogen-bond acceptors (Lipinski definition) is 6. The van der Waals surface area contributed by atoms with Crippen molar-refractivity contribution in [2.24, 2.45) is 0 Å². The van der Waals surface area contributed by atoms with E-state index in [1.807, 2.05) is 42.7 Å². The van der Waals surface area contributed by atoms with Crippen LogP contribution in [-0.4, -0.2) is 37.2 Å². The Morgan fingerprint density at radius 2 is 2.15 bits per heavy atom. The normalized spacial score (nSPS) is 14.0. The summed E-state index contributed by atoms with van der Waals surface area (Å²) in [5.74, 6) is 1.61. The highest BCUT2D eigenvalue weighted by atomic mass is 15.2. The quantitative estimate of drug-likeness (QED) is 0.504. The maximum atomic E-state index is 6.21. The van der Waals surface area contributed by atoms with Gasteiger partial charge >= 0.3 is 0 Å². The van der Waals surface area contributed by atoms with E-state index in [1.54, 1.807) is 6.20 Å². The number of H-pyrrole nitrogens is 2. The minimum Gasteiger partial charge on any atom is -0.383 e. The first-order valence-electron chi connectivity index (χ1n) is 8.98. The van der Waals surface area contributed by atoms with Gasteiger partial charge < -0.3 is 15.6 Å². The molecule has 5 rings (SSSR count). The van der Waals surface area contributed by atoms with E-state index in [0.29, 0.717) is 24.2 Å². The van der Waals surface area contributed by atoms with Crippen molar-refractivity contribution in [1.82, 2.24) is 30.1 Å². The standard InChI is InChI=1S/C19H20N8/c1-27(10-12-7-21-9-17-13(12)4-5-22-17)19-23-8-14(18(20)24-19)16-6-15(25-26-16)11-2-3-11/h4-9,11,22H,2-3,10H2,1H3,(H,25,26)(H2,20,23,24). The number of aromatic amines is 2. The van der Waals surface area contributed by atoms with Gasteiger partial charge in [-0.2, -0.15) is 10.1 Å². The van der Waals surface area contributed by atoms with E-state index in [9.17, 15) is 0 Å². The Kier molecular flexibility index (Phi) is 3.56. The molecule has 0 spiro atoms. The molecular weight excluding hydrogens is 340 g/mol. The summed E-state index contributed by atoms with van der Waals surface area (Å²) in [5, 5.41) is 8.61. The topological polar surface area (TPSA) is 112 Å². The summed E-state index contributed by atoms with van der Waals surface area (Å²) in [6.07, 6.45) is 9.80. The van der Waals surface area contributed by atoms with Crippen molar-refractivity contribution in [3.8, 4) is 11.3 Å². The molecule has 0 aromatic carbocycles. The largest absolute Gasteiger partial charge is 0.383 e. The molecule has 4 aromatic rings. The van der Waals surface area contributed by atoms with Gasteiger partial charge in [-0.15, -0.1) is 0 Å². The van der Waals surface area contributed by atoms with Gasteiger partial charge in [0.1, 0.15) is 5.82 Å². The average molecular weight is 360 g/mol. The molecule has 0 aliphatic heterocycles. The Morgan fingerprint density at radius 1 is 1.26 bits per heavy atom. The summed E-state index contributed by atoms with van der Waals surface area (Å²) in [6.45, 7) is 0.634. The maximum absolute atomic E-state index is 6.21. The lowest BCUT2D eigenvalue weighted by molar-refractivity contribution is 0.870. The molecule has 136 valence electrons. The van der Waals surface area contributed by atoms with Gasteiger partial charge in [-0.05, 0) is 30.5 Å². The van der Waals surface area contributed by atoms with E-state index in [1.165, 1.54) is 12.8 Å². The van der Waals surface area contributed by atoms with Crippen LogP contribution in [0.15, 0.2) is 36.9 Å². The van der Waals surface area contributed by atoms with Crippen molar-refractivity contribution in [3.05, 3.63) is 48.2 Å². The van der Waals surface area contributed by atoms with E-state index in [0.717, 1.165) is 33.4 Å². The van der Waals surface area contributed by atoms with Crippen LogP contribution in [0.25, 0.3) is 22.2 Å².